The highest BCUT2D eigenvalue weighted by Crippen LogP contribution is 2.51. The molecule has 0 atom stereocenters. The van der Waals surface area contributed by atoms with Gasteiger partial charge in [0.2, 0.25) is 0 Å². The number of anilines is 2. The van der Waals surface area contributed by atoms with Gasteiger partial charge >= 0.3 is 0 Å². The summed E-state index contributed by atoms with van der Waals surface area (Å²) in [4.78, 5) is 0. The number of allylic oxidation sites excluding steroid dienone is 4. The average molecular weight is 715 g/mol. The van der Waals surface area contributed by atoms with Crippen molar-refractivity contribution in [2.75, 3.05) is 5.32 Å². The van der Waals surface area contributed by atoms with E-state index >= 15 is 0 Å². The standard InChI is InChI=1S/C54H38N2/c1-4-16-36(17-5-1)38-28-32-41(33-29-38)55-53-49(40-20-8-3-9-21-40)43-22-10-11-23-44(43)50-51(53)45-24-12-13-25-46(45)54-52(50)47-26-14-15-27-48(47)56(54)42-34-30-39(31-35-42)37-18-6-2-7-19-37/h1,3-6,8-35,55H,2,7H2. The minimum absolute atomic E-state index is 1.05. The molecule has 10 aromatic rings. The number of nitrogens with zero attached hydrogens (tertiary/aromatic N) is 1. The molecule has 0 aliphatic heterocycles. The van der Waals surface area contributed by atoms with E-state index in [2.05, 4.69) is 210 Å². The second-order valence-corrected chi connectivity index (χ2v) is 14.8. The van der Waals surface area contributed by atoms with Crippen LogP contribution < -0.4 is 5.32 Å². The van der Waals surface area contributed by atoms with Gasteiger partial charge in [-0.05, 0) is 87.2 Å². The lowest BCUT2D eigenvalue weighted by molar-refractivity contribution is 1.04. The summed E-state index contributed by atoms with van der Waals surface area (Å²) >= 11 is 0. The lowest BCUT2D eigenvalue weighted by Gasteiger charge is -2.22. The maximum Gasteiger partial charge on any atom is 0.0626 e. The minimum atomic E-state index is 1.05. The van der Waals surface area contributed by atoms with Crippen LogP contribution in [0.5, 0.6) is 0 Å². The summed E-state index contributed by atoms with van der Waals surface area (Å²) in [5.74, 6) is 0. The van der Waals surface area contributed by atoms with Crippen molar-refractivity contribution in [2.45, 2.75) is 12.8 Å². The van der Waals surface area contributed by atoms with Crippen molar-refractivity contribution in [2.24, 2.45) is 0 Å². The topological polar surface area (TPSA) is 17.0 Å². The van der Waals surface area contributed by atoms with Gasteiger partial charge in [0, 0.05) is 43.9 Å². The van der Waals surface area contributed by atoms with Crippen molar-refractivity contribution in [1.29, 1.82) is 0 Å². The summed E-state index contributed by atoms with van der Waals surface area (Å²) in [5, 5.41) is 14.0. The van der Waals surface area contributed by atoms with Crippen molar-refractivity contribution < 1.29 is 0 Å². The molecule has 2 heteroatoms. The van der Waals surface area contributed by atoms with Gasteiger partial charge in [-0.3, -0.25) is 0 Å². The van der Waals surface area contributed by atoms with E-state index in [-0.39, 0.29) is 0 Å². The van der Waals surface area contributed by atoms with E-state index in [0.717, 1.165) is 29.9 Å². The van der Waals surface area contributed by atoms with Gasteiger partial charge in [-0.1, -0.05) is 170 Å². The smallest absolute Gasteiger partial charge is 0.0626 e. The van der Waals surface area contributed by atoms with Gasteiger partial charge in [-0.25, -0.2) is 0 Å². The zero-order valence-corrected chi connectivity index (χ0v) is 30.9. The highest BCUT2D eigenvalue weighted by molar-refractivity contribution is 6.41. The lowest BCUT2D eigenvalue weighted by atomic mass is 9.86. The quantitative estimate of drug-likeness (QED) is 0.170. The molecule has 0 amide bonds. The van der Waals surface area contributed by atoms with Gasteiger partial charge in [-0.15, -0.1) is 0 Å². The van der Waals surface area contributed by atoms with E-state index in [1.807, 2.05) is 0 Å². The SMILES string of the molecule is C1=CC(c2ccc(-n3c4ccccc4c4c5c6ccccc6c(-c6ccccc6)c(Nc6ccc(-c7ccccc7)cc6)c5c5ccccc5c43)cc2)=CCC1. The summed E-state index contributed by atoms with van der Waals surface area (Å²) in [6.45, 7) is 0. The molecule has 1 aliphatic carbocycles. The largest absolute Gasteiger partial charge is 0.354 e. The van der Waals surface area contributed by atoms with E-state index in [1.54, 1.807) is 0 Å². The van der Waals surface area contributed by atoms with Crippen LogP contribution in [-0.2, 0) is 0 Å². The van der Waals surface area contributed by atoms with Gasteiger partial charge in [0.1, 0.15) is 0 Å². The fourth-order valence-electron chi connectivity index (χ4n) is 9.07. The van der Waals surface area contributed by atoms with Crippen molar-refractivity contribution in [3.63, 3.8) is 0 Å². The Bertz CT molecular complexity index is 3170. The molecule has 0 saturated heterocycles. The number of aromatic nitrogens is 1. The Morgan fingerprint density at radius 3 is 1.68 bits per heavy atom. The van der Waals surface area contributed by atoms with Crippen LogP contribution in [-0.4, -0.2) is 4.57 Å². The molecule has 1 aliphatic rings. The number of rotatable bonds is 6. The van der Waals surface area contributed by atoms with E-state index in [4.69, 9.17) is 0 Å². The molecule has 264 valence electrons. The van der Waals surface area contributed by atoms with Crippen LogP contribution in [0.3, 0.4) is 0 Å². The lowest BCUT2D eigenvalue weighted by Crippen LogP contribution is -1.99. The predicted molar refractivity (Wildman–Crippen MR) is 240 cm³/mol. The average Bonchev–Trinajstić information content (AvgIpc) is 3.63. The Balaban J connectivity index is 1.26. The second-order valence-electron chi connectivity index (χ2n) is 14.8. The zero-order chi connectivity index (χ0) is 37.0. The Morgan fingerprint density at radius 1 is 0.411 bits per heavy atom. The fourth-order valence-corrected chi connectivity index (χ4v) is 9.07. The van der Waals surface area contributed by atoms with Crippen LogP contribution in [0.1, 0.15) is 18.4 Å². The molecule has 1 aromatic heterocycles. The molecule has 1 N–H and O–H groups in total. The molecule has 9 aromatic carbocycles. The normalized spacial score (nSPS) is 12.9. The van der Waals surface area contributed by atoms with Crippen molar-refractivity contribution in [3.05, 3.63) is 206 Å². The zero-order valence-electron chi connectivity index (χ0n) is 30.9. The van der Waals surface area contributed by atoms with Gasteiger partial charge < -0.3 is 9.88 Å². The van der Waals surface area contributed by atoms with Crippen LogP contribution in [0.25, 0.3) is 87.6 Å². The summed E-state index contributed by atoms with van der Waals surface area (Å²) < 4.78 is 2.50. The number of benzene rings is 9. The summed E-state index contributed by atoms with van der Waals surface area (Å²) in [6, 6.07) is 66.5. The third kappa shape index (κ3) is 5.18. The molecular formula is C54H38N2. The summed E-state index contributed by atoms with van der Waals surface area (Å²) in [6.07, 6.45) is 9.10. The first-order valence-corrected chi connectivity index (χ1v) is 19.6. The molecule has 11 rings (SSSR count). The number of nitrogens with one attached hydrogen (secondary N) is 1. The Hall–Kier alpha value is -7.16. The van der Waals surface area contributed by atoms with E-state index in [0.29, 0.717) is 0 Å². The Kier molecular flexibility index (Phi) is 7.67. The van der Waals surface area contributed by atoms with E-state index < -0.39 is 0 Å². The molecule has 0 spiro atoms. The molecule has 0 bridgehead atoms. The molecule has 0 saturated carbocycles. The highest BCUT2D eigenvalue weighted by Gasteiger charge is 2.25. The summed E-state index contributed by atoms with van der Waals surface area (Å²) in [7, 11) is 0. The van der Waals surface area contributed by atoms with E-state index in [9.17, 15) is 0 Å². The Morgan fingerprint density at radius 2 is 0.982 bits per heavy atom. The van der Waals surface area contributed by atoms with Crippen molar-refractivity contribution in [3.8, 4) is 27.9 Å². The van der Waals surface area contributed by atoms with Crippen LogP contribution in [0.4, 0.5) is 11.4 Å². The summed E-state index contributed by atoms with van der Waals surface area (Å²) in [5.41, 5.74) is 13.1. The van der Waals surface area contributed by atoms with Crippen LogP contribution in [0.15, 0.2) is 200 Å². The minimum Gasteiger partial charge on any atom is -0.354 e. The molecule has 0 fully saturated rings. The van der Waals surface area contributed by atoms with Crippen molar-refractivity contribution in [1.82, 2.24) is 4.57 Å². The predicted octanol–water partition coefficient (Wildman–Crippen LogP) is 15.1. The first-order chi connectivity index (χ1) is 27.8. The fraction of sp³-hybridized carbons (Fsp3) is 0.0370. The van der Waals surface area contributed by atoms with Crippen LogP contribution in [0.2, 0.25) is 0 Å². The van der Waals surface area contributed by atoms with Crippen molar-refractivity contribution >= 4 is 71.1 Å². The second kappa shape index (κ2) is 13.3. The third-order valence-corrected chi connectivity index (χ3v) is 11.6. The monoisotopic (exact) mass is 714 g/mol. The van der Waals surface area contributed by atoms with Crippen LogP contribution >= 0.6 is 0 Å². The van der Waals surface area contributed by atoms with Gasteiger partial charge in [0.15, 0.2) is 0 Å². The first kappa shape index (κ1) is 32.3. The van der Waals surface area contributed by atoms with E-state index in [1.165, 1.54) is 87.5 Å². The number of para-hydroxylation sites is 1. The van der Waals surface area contributed by atoms with Gasteiger partial charge in [0.05, 0.1) is 16.7 Å². The number of hydrogen-bond acceptors (Lipinski definition) is 1. The molecule has 0 unspecified atom stereocenters. The maximum absolute atomic E-state index is 4.05. The van der Waals surface area contributed by atoms with Gasteiger partial charge in [-0.2, -0.15) is 0 Å². The maximum atomic E-state index is 4.05. The number of fused-ring (bicyclic) bond motifs is 10. The highest BCUT2D eigenvalue weighted by atomic mass is 15.0. The molecule has 56 heavy (non-hydrogen) atoms. The van der Waals surface area contributed by atoms with Crippen LogP contribution in [0, 0.1) is 0 Å². The molecule has 1 heterocycles. The number of hydrogen-bond donors (Lipinski definition) is 1. The molecule has 0 radical (unpaired) electrons. The van der Waals surface area contributed by atoms with Gasteiger partial charge in [0.25, 0.3) is 0 Å². The molecule has 2 nitrogen and oxygen atoms in total. The Labute approximate surface area is 326 Å². The first-order valence-electron chi connectivity index (χ1n) is 19.6. The third-order valence-electron chi connectivity index (χ3n) is 11.6. The molecular weight excluding hydrogens is 677 g/mol.